The molecule has 3 N–H and O–H groups in total. The first-order valence-corrected chi connectivity index (χ1v) is 28.5. The van der Waals surface area contributed by atoms with Crippen LogP contribution in [0.25, 0.3) is 0 Å². The molecule has 11 heterocycles. The van der Waals surface area contributed by atoms with E-state index in [4.69, 9.17) is 60.8 Å². The lowest BCUT2D eigenvalue weighted by molar-refractivity contribution is -0.365. The van der Waals surface area contributed by atoms with Crippen molar-refractivity contribution in [1.29, 1.82) is 0 Å². The molecule has 0 bridgehead atoms. The number of ketones is 1. The van der Waals surface area contributed by atoms with Crippen LogP contribution < -0.4 is 0 Å². The molecule has 24 atom stereocenters. The summed E-state index contributed by atoms with van der Waals surface area (Å²) in [7, 11) is -9.72. The Morgan fingerprint density at radius 2 is 1.20 bits per heavy atom. The molecule has 11 aliphatic rings. The molecule has 0 aromatic rings. The van der Waals surface area contributed by atoms with Crippen molar-refractivity contribution >= 4 is 26.6 Å². The van der Waals surface area contributed by atoms with Crippen LogP contribution >= 0.6 is 0 Å². The minimum atomic E-state index is -4.94. The number of aliphatic hydroxyl groups excluding tert-OH is 1. The third-order valence-corrected chi connectivity index (χ3v) is 19.3. The molecule has 0 unspecified atom stereocenters. The van der Waals surface area contributed by atoms with E-state index >= 15 is 0 Å². The van der Waals surface area contributed by atoms with Crippen LogP contribution in [-0.4, -0.2) is 182 Å². The minimum Gasteiger partial charge on any atom is -0.484 e. The van der Waals surface area contributed by atoms with Gasteiger partial charge in [-0.25, -0.2) is 8.37 Å². The first-order valence-electron chi connectivity index (χ1n) is 25.8. The van der Waals surface area contributed by atoms with Gasteiger partial charge in [-0.05, 0) is 71.8 Å². The van der Waals surface area contributed by atoms with Gasteiger partial charge in [0.1, 0.15) is 30.0 Å². The van der Waals surface area contributed by atoms with Crippen LogP contribution in [0.15, 0.2) is 11.3 Å². The molecule has 11 aliphatic heterocycles. The number of carbonyl (C=O) groups excluding carboxylic acids is 1. The van der Waals surface area contributed by atoms with Gasteiger partial charge in [0.25, 0.3) is 0 Å². The van der Waals surface area contributed by atoms with Gasteiger partial charge in [-0.3, -0.25) is 13.9 Å². The summed E-state index contributed by atoms with van der Waals surface area (Å²) < 4.78 is 150. The Balaban J connectivity index is 0.759. The number of Topliss-reactive ketones (excluding diaryl/α,β-unsaturated/α-hetero) is 1. The molecule has 0 radical (unpaired) electrons. The van der Waals surface area contributed by atoms with Gasteiger partial charge < -0.3 is 57.2 Å². The highest BCUT2D eigenvalue weighted by molar-refractivity contribution is 7.81. The zero-order valence-electron chi connectivity index (χ0n) is 41.5. The van der Waals surface area contributed by atoms with Gasteiger partial charge in [0.2, 0.25) is 0 Å². The summed E-state index contributed by atoms with van der Waals surface area (Å²) >= 11 is 0. The number of hydrogen-bond acceptors (Lipinski definition) is 19. The van der Waals surface area contributed by atoms with Crippen molar-refractivity contribution in [2.45, 2.75) is 270 Å². The lowest BCUT2D eigenvalue weighted by atomic mass is 9.73. The summed E-state index contributed by atoms with van der Waals surface area (Å²) in [6.45, 7) is 12.8. The number of aliphatic hydroxyl groups is 1. The average molecular weight is 1050 g/mol. The third kappa shape index (κ3) is 9.62. The Kier molecular flexibility index (Phi) is 13.3. The number of fused-ring (bicyclic) bond motifs is 10. The Morgan fingerprint density at radius 1 is 0.634 bits per heavy atom. The molecule has 0 amide bonds. The summed E-state index contributed by atoms with van der Waals surface area (Å²) in [5.74, 6) is 0.349. The van der Waals surface area contributed by atoms with Gasteiger partial charge in [0, 0.05) is 64.7 Å². The van der Waals surface area contributed by atoms with Gasteiger partial charge in [0.15, 0.2) is 11.5 Å². The van der Waals surface area contributed by atoms with E-state index in [-0.39, 0.29) is 85.6 Å². The van der Waals surface area contributed by atoms with E-state index < -0.39 is 105 Å². The van der Waals surface area contributed by atoms with Gasteiger partial charge in [-0.1, -0.05) is 6.92 Å². The summed E-state index contributed by atoms with van der Waals surface area (Å²) in [4.78, 5) is 12.4. The Hall–Kier alpha value is -1.49. The third-order valence-electron chi connectivity index (χ3n) is 18.4. The van der Waals surface area contributed by atoms with Crippen LogP contribution in [0.5, 0.6) is 0 Å². The second-order valence-corrected chi connectivity index (χ2v) is 25.6. The molecule has 10 fully saturated rings. The van der Waals surface area contributed by atoms with E-state index in [1.54, 1.807) is 0 Å². The Bertz CT molecular complexity index is 2320. The fraction of sp³-hybridized carbons (Fsp3) is 0.938. The van der Waals surface area contributed by atoms with Gasteiger partial charge in [-0.2, -0.15) is 16.8 Å². The predicted octanol–water partition coefficient (Wildman–Crippen LogP) is 3.56. The molecule has 0 spiro atoms. The molecule has 0 aromatic heterocycles. The fourth-order valence-corrected chi connectivity index (χ4v) is 15.4. The highest BCUT2D eigenvalue weighted by atomic mass is 32.3. The predicted molar refractivity (Wildman–Crippen MR) is 242 cm³/mol. The van der Waals surface area contributed by atoms with Crippen LogP contribution in [0.3, 0.4) is 0 Å². The number of allylic oxidation sites excluding steroid dienone is 1. The molecule has 11 rings (SSSR count). The Morgan fingerprint density at radius 3 is 1.85 bits per heavy atom. The normalized spacial score (nSPS) is 52.8. The monoisotopic (exact) mass is 1050 g/mol. The number of hydrogen-bond donors (Lipinski definition) is 3. The van der Waals surface area contributed by atoms with Gasteiger partial charge >= 0.3 is 20.8 Å². The van der Waals surface area contributed by atoms with E-state index in [9.17, 15) is 31.3 Å². The second kappa shape index (κ2) is 18.3. The number of ether oxygens (including phenoxy) is 11. The summed E-state index contributed by atoms with van der Waals surface area (Å²) in [6.07, 6.45) is -2.77. The molecular weight excluding hydrogens is 977 g/mol. The van der Waals surface area contributed by atoms with E-state index in [1.807, 2.05) is 13.8 Å². The maximum Gasteiger partial charge on any atom is 0.397 e. The summed E-state index contributed by atoms with van der Waals surface area (Å²) in [5.41, 5.74) is -2.92. The average Bonchev–Trinajstić information content (AvgIpc) is 3.39. The number of rotatable bonds is 7. The van der Waals surface area contributed by atoms with Crippen molar-refractivity contribution in [3.63, 3.8) is 0 Å². The van der Waals surface area contributed by atoms with E-state index in [2.05, 4.69) is 25.0 Å². The lowest BCUT2D eigenvalue weighted by Crippen LogP contribution is -2.73. The lowest BCUT2D eigenvalue weighted by Gasteiger charge is -2.60. The maximum absolute atomic E-state index is 12.4. The largest absolute Gasteiger partial charge is 0.484 e. The van der Waals surface area contributed by atoms with Crippen molar-refractivity contribution in [3.8, 4) is 0 Å². The van der Waals surface area contributed by atoms with Gasteiger partial charge in [-0.15, -0.1) is 0 Å². The molecule has 23 heteroatoms. The van der Waals surface area contributed by atoms with Crippen molar-refractivity contribution in [3.05, 3.63) is 11.3 Å². The van der Waals surface area contributed by atoms with Gasteiger partial charge in [0.05, 0.1) is 115 Å². The number of carbonyl (C=O) groups is 1. The molecule has 0 aliphatic carbocycles. The minimum absolute atomic E-state index is 0.00699. The highest BCUT2D eigenvalue weighted by Crippen LogP contribution is 2.53. The standard InChI is InChI=1S/C48H72O21S2/c1-22-8-10-46(5)38(62-35-18-36-43(65-42(22)35)44(50)48(7)40(63-36)20-32-33(67-48)14-23(2)41(64-32)24(3)49)21-37-47(6,69-46)11-9-25-26(61-37)15-28-27(58-25)16-29-30(59-28)17-34-31(60-29)19-39(68-71(54,55)56)45(4,66-34)12-13-57-70(51,52)53/h22,25-40,42-44,50H,8-21H2,1-7H3,(H,51,52,53)(H,54,55,56)/t22-,25-,26+,27+,28-,29-,30+,31+,32+,33-,34-,35-,36+,37-,38+,39-,40-,42+,43+,44+,45+,46-,47+,48-/m0/s1. The SMILES string of the molecule is CC(=O)C1=C(C)C[C@@H]2O[C@@]3(C)[C@H](C[C@H]2O1)O[C@@H]1C[C@@H]2O[C@@H]4C[C@@H]5O[C@@H]6C[C@@H]7O[C@@H]8C[C@@H]9O[C@](C)(CCOS(=O)(=O)O)[C@@H](OS(=O)(=O)O)C[C@H]9O[C@H]8C[C@H]7O[C@H]6CC[C@@]5(C)O[C@@]4(C)CC[C@H](C)[C@H]2O[C@H]1[C@H]3O. The smallest absolute Gasteiger partial charge is 0.397 e. The van der Waals surface area contributed by atoms with E-state index in [0.717, 1.165) is 18.4 Å². The molecule has 402 valence electrons. The first kappa shape index (κ1) is 51.6. The fourth-order valence-electron chi connectivity index (χ4n) is 14.5. The first-order chi connectivity index (χ1) is 33.3. The topological polar surface area (TPSA) is 266 Å². The zero-order valence-corrected chi connectivity index (χ0v) is 43.1. The van der Waals surface area contributed by atoms with Crippen molar-refractivity contribution in [2.75, 3.05) is 6.61 Å². The molecule has 0 saturated carbocycles. The maximum atomic E-state index is 12.4. The summed E-state index contributed by atoms with van der Waals surface area (Å²) in [5, 5.41) is 12.1. The van der Waals surface area contributed by atoms with Crippen LogP contribution in [0, 0.1) is 5.92 Å². The van der Waals surface area contributed by atoms with Crippen LogP contribution in [0.2, 0.25) is 0 Å². The van der Waals surface area contributed by atoms with Crippen LogP contribution in [-0.2, 0) is 86.1 Å². The molecule has 10 saturated heterocycles. The second-order valence-electron chi connectivity index (χ2n) is 23.4. The highest BCUT2D eigenvalue weighted by Gasteiger charge is 2.65. The van der Waals surface area contributed by atoms with Crippen molar-refractivity contribution in [1.82, 2.24) is 0 Å². The summed E-state index contributed by atoms with van der Waals surface area (Å²) in [6, 6.07) is 0. The Labute approximate surface area is 415 Å². The molecule has 71 heavy (non-hydrogen) atoms. The van der Waals surface area contributed by atoms with Crippen LogP contribution in [0.1, 0.15) is 132 Å². The van der Waals surface area contributed by atoms with Crippen LogP contribution in [0.4, 0.5) is 0 Å². The quantitative estimate of drug-likeness (QED) is 0.308. The zero-order chi connectivity index (χ0) is 50.4. The van der Waals surface area contributed by atoms with E-state index in [1.165, 1.54) is 13.8 Å². The van der Waals surface area contributed by atoms with E-state index in [0.29, 0.717) is 63.5 Å². The van der Waals surface area contributed by atoms with Crippen molar-refractivity contribution < 1.29 is 96.3 Å². The van der Waals surface area contributed by atoms with Crippen molar-refractivity contribution in [2.24, 2.45) is 5.92 Å². The molecular formula is C48H72O21S2. The molecule has 21 nitrogen and oxygen atoms in total. The molecule has 0 aromatic carbocycles.